The van der Waals surface area contributed by atoms with Crippen molar-refractivity contribution in [3.05, 3.63) is 89.1 Å². The standard InChI is InChI=1S/C30H35N5O2S/c1-24-22-28(34-16-14-33(15-17-34)13-5-8-25-6-3-2-4-7-25)32-30(31-24)38-23-26-9-11-27(12-10-26)29(36)35-18-20-37-21-19-35/h2-12,22H,13-21,23H2,1H3/b8-5+. The lowest BCUT2D eigenvalue weighted by Crippen LogP contribution is -2.46. The maximum absolute atomic E-state index is 12.7. The fourth-order valence-corrected chi connectivity index (χ4v) is 5.51. The Morgan fingerprint density at radius 1 is 0.947 bits per heavy atom. The summed E-state index contributed by atoms with van der Waals surface area (Å²) in [6.45, 7) is 9.47. The molecular weight excluding hydrogens is 494 g/mol. The molecule has 0 atom stereocenters. The maximum Gasteiger partial charge on any atom is 0.254 e. The summed E-state index contributed by atoms with van der Waals surface area (Å²) >= 11 is 1.64. The van der Waals surface area contributed by atoms with E-state index in [1.807, 2.05) is 42.2 Å². The number of aromatic nitrogens is 2. The minimum absolute atomic E-state index is 0.0754. The summed E-state index contributed by atoms with van der Waals surface area (Å²) in [6, 6.07) is 20.4. The molecule has 2 aliphatic heterocycles. The summed E-state index contributed by atoms with van der Waals surface area (Å²) in [5.41, 5.74) is 4.10. The Morgan fingerprint density at radius 3 is 2.42 bits per heavy atom. The van der Waals surface area contributed by atoms with Gasteiger partial charge in [0.2, 0.25) is 0 Å². The molecule has 2 saturated heterocycles. The number of carbonyl (C=O) groups excluding carboxylic acids is 1. The van der Waals surface area contributed by atoms with E-state index in [0.717, 1.165) is 66.3 Å². The van der Waals surface area contributed by atoms with Crippen molar-refractivity contribution in [3.63, 3.8) is 0 Å². The second kappa shape index (κ2) is 13.0. The normalized spacial score (nSPS) is 16.8. The van der Waals surface area contributed by atoms with Crippen LogP contribution in [0.1, 0.15) is 27.2 Å². The lowest BCUT2D eigenvalue weighted by Gasteiger charge is -2.35. The fourth-order valence-electron chi connectivity index (χ4n) is 4.65. The van der Waals surface area contributed by atoms with Crippen LogP contribution < -0.4 is 4.90 Å². The zero-order valence-electron chi connectivity index (χ0n) is 22.0. The van der Waals surface area contributed by atoms with Crippen LogP contribution in [0.2, 0.25) is 0 Å². The van der Waals surface area contributed by atoms with Crippen LogP contribution in [0.5, 0.6) is 0 Å². The largest absolute Gasteiger partial charge is 0.378 e. The molecule has 2 aromatic carbocycles. The molecular formula is C30H35N5O2S. The van der Waals surface area contributed by atoms with Gasteiger partial charge in [0, 0.05) is 68.9 Å². The average molecular weight is 530 g/mol. The van der Waals surface area contributed by atoms with Crippen molar-refractivity contribution >= 4 is 29.6 Å². The summed E-state index contributed by atoms with van der Waals surface area (Å²) in [7, 11) is 0. The van der Waals surface area contributed by atoms with Crippen molar-refractivity contribution in [3.8, 4) is 0 Å². The molecule has 0 unspecified atom stereocenters. The van der Waals surface area contributed by atoms with Gasteiger partial charge in [-0.3, -0.25) is 9.69 Å². The van der Waals surface area contributed by atoms with Crippen molar-refractivity contribution in [1.29, 1.82) is 0 Å². The number of hydrogen-bond acceptors (Lipinski definition) is 7. The van der Waals surface area contributed by atoms with Crippen LogP contribution in [0, 0.1) is 6.92 Å². The molecule has 3 heterocycles. The van der Waals surface area contributed by atoms with Crippen molar-refractivity contribution in [2.24, 2.45) is 0 Å². The number of ether oxygens (including phenoxy) is 1. The van der Waals surface area contributed by atoms with E-state index < -0.39 is 0 Å². The molecule has 1 aromatic heterocycles. The van der Waals surface area contributed by atoms with E-state index in [2.05, 4.69) is 57.3 Å². The van der Waals surface area contributed by atoms with Crippen molar-refractivity contribution in [1.82, 2.24) is 19.8 Å². The molecule has 5 rings (SSSR count). The van der Waals surface area contributed by atoms with Crippen LogP contribution in [0.4, 0.5) is 5.82 Å². The molecule has 198 valence electrons. The van der Waals surface area contributed by atoms with Gasteiger partial charge in [-0.2, -0.15) is 0 Å². The van der Waals surface area contributed by atoms with E-state index in [1.54, 1.807) is 11.8 Å². The highest BCUT2D eigenvalue weighted by atomic mass is 32.2. The highest BCUT2D eigenvalue weighted by Crippen LogP contribution is 2.24. The molecule has 0 radical (unpaired) electrons. The quantitative estimate of drug-likeness (QED) is 0.317. The minimum atomic E-state index is 0.0754. The van der Waals surface area contributed by atoms with E-state index in [9.17, 15) is 4.79 Å². The minimum Gasteiger partial charge on any atom is -0.378 e. The number of carbonyl (C=O) groups is 1. The molecule has 0 N–H and O–H groups in total. The Bertz CT molecular complexity index is 1220. The third-order valence-corrected chi connectivity index (χ3v) is 7.78. The lowest BCUT2D eigenvalue weighted by atomic mass is 10.1. The number of aryl methyl sites for hydroxylation is 1. The third-order valence-electron chi connectivity index (χ3n) is 6.86. The van der Waals surface area contributed by atoms with Crippen molar-refractivity contribution in [2.45, 2.75) is 17.8 Å². The summed E-state index contributed by atoms with van der Waals surface area (Å²) in [6.07, 6.45) is 4.44. The van der Waals surface area contributed by atoms with E-state index >= 15 is 0 Å². The first-order valence-electron chi connectivity index (χ1n) is 13.3. The molecule has 0 spiro atoms. The van der Waals surface area contributed by atoms with Crippen molar-refractivity contribution in [2.75, 3.05) is 63.9 Å². The highest BCUT2D eigenvalue weighted by molar-refractivity contribution is 7.98. The summed E-state index contributed by atoms with van der Waals surface area (Å²) in [4.78, 5) is 28.9. The molecule has 0 saturated carbocycles. The Balaban J connectivity index is 1.12. The predicted octanol–water partition coefficient (Wildman–Crippen LogP) is 4.39. The topological polar surface area (TPSA) is 61.8 Å². The summed E-state index contributed by atoms with van der Waals surface area (Å²) in [5, 5.41) is 0.793. The number of hydrogen-bond donors (Lipinski definition) is 0. The molecule has 38 heavy (non-hydrogen) atoms. The van der Waals surface area contributed by atoms with Gasteiger partial charge in [0.15, 0.2) is 5.16 Å². The van der Waals surface area contributed by atoms with Gasteiger partial charge in [-0.1, -0.05) is 66.4 Å². The summed E-state index contributed by atoms with van der Waals surface area (Å²) < 4.78 is 5.35. The number of piperazine rings is 1. The second-order valence-electron chi connectivity index (χ2n) is 9.64. The van der Waals surface area contributed by atoms with Gasteiger partial charge in [0.05, 0.1) is 13.2 Å². The fraction of sp³-hybridized carbons (Fsp3) is 0.367. The van der Waals surface area contributed by atoms with Crippen LogP contribution in [0.3, 0.4) is 0 Å². The van der Waals surface area contributed by atoms with E-state index in [1.165, 1.54) is 5.56 Å². The molecule has 1 amide bonds. The van der Waals surface area contributed by atoms with E-state index in [4.69, 9.17) is 9.72 Å². The first-order chi connectivity index (χ1) is 18.6. The monoisotopic (exact) mass is 529 g/mol. The molecule has 7 nitrogen and oxygen atoms in total. The number of nitrogens with zero attached hydrogens (tertiary/aromatic N) is 5. The van der Waals surface area contributed by atoms with Crippen LogP contribution in [-0.2, 0) is 10.5 Å². The zero-order valence-corrected chi connectivity index (χ0v) is 22.8. The van der Waals surface area contributed by atoms with Gasteiger partial charge in [-0.05, 0) is 30.2 Å². The van der Waals surface area contributed by atoms with Gasteiger partial charge in [-0.25, -0.2) is 9.97 Å². The second-order valence-corrected chi connectivity index (χ2v) is 10.6. The Kier molecular flexibility index (Phi) is 9.06. The van der Waals surface area contributed by atoms with Gasteiger partial charge in [-0.15, -0.1) is 0 Å². The van der Waals surface area contributed by atoms with E-state index in [-0.39, 0.29) is 5.91 Å². The van der Waals surface area contributed by atoms with Crippen LogP contribution in [-0.4, -0.2) is 84.7 Å². The number of anilines is 1. The number of thioether (sulfide) groups is 1. The van der Waals surface area contributed by atoms with Crippen LogP contribution >= 0.6 is 11.8 Å². The molecule has 2 aliphatic rings. The zero-order chi connectivity index (χ0) is 26.2. The van der Waals surface area contributed by atoms with Gasteiger partial charge < -0.3 is 14.5 Å². The molecule has 8 heteroatoms. The van der Waals surface area contributed by atoms with Gasteiger partial charge >= 0.3 is 0 Å². The van der Waals surface area contributed by atoms with E-state index in [0.29, 0.717) is 26.3 Å². The Morgan fingerprint density at radius 2 is 1.68 bits per heavy atom. The first kappa shape index (κ1) is 26.4. The third kappa shape index (κ3) is 7.22. The Hall–Kier alpha value is -3.20. The Labute approximate surface area is 229 Å². The van der Waals surface area contributed by atoms with Crippen LogP contribution in [0.25, 0.3) is 6.08 Å². The number of amides is 1. The maximum atomic E-state index is 12.7. The smallest absolute Gasteiger partial charge is 0.254 e. The molecule has 3 aromatic rings. The predicted molar refractivity (Wildman–Crippen MR) is 154 cm³/mol. The summed E-state index contributed by atoms with van der Waals surface area (Å²) in [5.74, 6) is 1.84. The lowest BCUT2D eigenvalue weighted by molar-refractivity contribution is 0.0303. The highest BCUT2D eigenvalue weighted by Gasteiger charge is 2.20. The van der Waals surface area contributed by atoms with Gasteiger partial charge in [0.25, 0.3) is 5.91 Å². The molecule has 0 aliphatic carbocycles. The molecule has 2 fully saturated rings. The molecule has 0 bridgehead atoms. The first-order valence-corrected chi connectivity index (χ1v) is 14.3. The van der Waals surface area contributed by atoms with Gasteiger partial charge in [0.1, 0.15) is 5.82 Å². The number of rotatable bonds is 8. The SMILES string of the molecule is Cc1cc(N2CCN(C/C=C/c3ccccc3)CC2)nc(SCc2ccc(C(=O)N3CCOCC3)cc2)n1. The average Bonchev–Trinajstić information content (AvgIpc) is 2.97. The van der Waals surface area contributed by atoms with Crippen LogP contribution in [0.15, 0.2) is 71.9 Å². The number of benzene rings is 2. The van der Waals surface area contributed by atoms with Crippen molar-refractivity contribution < 1.29 is 9.53 Å². The number of morpholine rings is 1.